The molecule has 0 aliphatic carbocycles. The zero-order valence-corrected chi connectivity index (χ0v) is 44.2. The third-order valence-electron chi connectivity index (χ3n) is 12.2. The quantitative estimate of drug-likeness (QED) is 0.0199. The smallest absolute Gasteiger partial charge is 0.306 e. The molecule has 1 atom stereocenters. The lowest BCUT2D eigenvalue weighted by Crippen LogP contribution is -2.30. The molecule has 0 amide bonds. The summed E-state index contributed by atoms with van der Waals surface area (Å²) < 4.78 is 16.8. The van der Waals surface area contributed by atoms with E-state index in [0.717, 1.165) is 109 Å². The van der Waals surface area contributed by atoms with Crippen LogP contribution in [0.1, 0.15) is 278 Å². The highest BCUT2D eigenvalue weighted by Gasteiger charge is 2.19. The van der Waals surface area contributed by atoms with Crippen LogP contribution in [0.4, 0.5) is 0 Å². The number of rotatable bonds is 51. The Kier molecular flexibility index (Phi) is 52.8. The molecule has 0 aromatic carbocycles. The third kappa shape index (κ3) is 53.7. The van der Waals surface area contributed by atoms with E-state index >= 15 is 0 Å². The lowest BCUT2D eigenvalue weighted by molar-refractivity contribution is -0.167. The first-order valence-corrected chi connectivity index (χ1v) is 28.5. The Labute approximate surface area is 414 Å². The second-order valence-corrected chi connectivity index (χ2v) is 18.8. The van der Waals surface area contributed by atoms with Gasteiger partial charge in [-0.05, 0) is 103 Å². The lowest BCUT2D eigenvalue weighted by atomic mass is 10.1. The predicted molar refractivity (Wildman–Crippen MR) is 288 cm³/mol. The first-order valence-electron chi connectivity index (χ1n) is 28.5. The van der Waals surface area contributed by atoms with Crippen LogP contribution in [-0.2, 0) is 28.6 Å². The zero-order valence-electron chi connectivity index (χ0n) is 44.2. The summed E-state index contributed by atoms with van der Waals surface area (Å²) in [5.41, 5.74) is 0. The van der Waals surface area contributed by atoms with Crippen molar-refractivity contribution < 1.29 is 28.6 Å². The van der Waals surface area contributed by atoms with Gasteiger partial charge in [0.15, 0.2) is 6.10 Å². The topological polar surface area (TPSA) is 78.9 Å². The number of carbonyl (C=O) groups excluding carboxylic acids is 3. The van der Waals surface area contributed by atoms with Crippen molar-refractivity contribution in [2.75, 3.05) is 13.2 Å². The number of esters is 3. The summed E-state index contributed by atoms with van der Waals surface area (Å²) >= 11 is 0. The van der Waals surface area contributed by atoms with Crippen LogP contribution in [-0.4, -0.2) is 37.2 Å². The molecular weight excluding hydrogens is 829 g/mol. The van der Waals surface area contributed by atoms with Crippen molar-refractivity contribution in [1.29, 1.82) is 0 Å². The van der Waals surface area contributed by atoms with Crippen LogP contribution < -0.4 is 0 Å². The van der Waals surface area contributed by atoms with Crippen molar-refractivity contribution in [3.05, 3.63) is 72.9 Å². The minimum Gasteiger partial charge on any atom is -0.462 e. The second kappa shape index (κ2) is 55.4. The van der Waals surface area contributed by atoms with Crippen molar-refractivity contribution >= 4 is 17.9 Å². The maximum atomic E-state index is 12.8. The molecule has 0 aromatic rings. The molecule has 0 aliphatic rings. The first-order chi connectivity index (χ1) is 33.0. The van der Waals surface area contributed by atoms with Gasteiger partial charge in [0.25, 0.3) is 0 Å². The molecule has 67 heavy (non-hydrogen) atoms. The van der Waals surface area contributed by atoms with E-state index in [4.69, 9.17) is 14.2 Å². The molecule has 0 saturated carbocycles. The van der Waals surface area contributed by atoms with Crippen molar-refractivity contribution in [3.8, 4) is 0 Å². The van der Waals surface area contributed by atoms with Gasteiger partial charge in [0.1, 0.15) is 13.2 Å². The number of hydrogen-bond acceptors (Lipinski definition) is 6. The second-order valence-electron chi connectivity index (χ2n) is 18.8. The molecule has 6 heteroatoms. The summed E-state index contributed by atoms with van der Waals surface area (Å²) in [5.74, 6) is -0.912. The van der Waals surface area contributed by atoms with E-state index in [2.05, 4.69) is 93.7 Å². The fourth-order valence-corrected chi connectivity index (χ4v) is 7.91. The molecule has 0 bridgehead atoms. The molecule has 0 N–H and O–H groups in total. The van der Waals surface area contributed by atoms with Crippen LogP contribution in [0.5, 0.6) is 0 Å². The van der Waals surface area contributed by atoms with E-state index in [1.807, 2.05) is 0 Å². The van der Waals surface area contributed by atoms with Gasteiger partial charge in [0, 0.05) is 19.3 Å². The van der Waals surface area contributed by atoms with Crippen molar-refractivity contribution in [1.82, 2.24) is 0 Å². The molecule has 0 spiro atoms. The van der Waals surface area contributed by atoms with Crippen molar-refractivity contribution in [2.24, 2.45) is 0 Å². The van der Waals surface area contributed by atoms with E-state index < -0.39 is 6.10 Å². The minimum atomic E-state index is -0.790. The zero-order chi connectivity index (χ0) is 48.6. The highest BCUT2D eigenvalue weighted by Crippen LogP contribution is 2.15. The van der Waals surface area contributed by atoms with Crippen molar-refractivity contribution in [2.45, 2.75) is 284 Å². The van der Waals surface area contributed by atoms with E-state index in [9.17, 15) is 14.4 Å². The molecule has 0 rings (SSSR count). The van der Waals surface area contributed by atoms with Crippen molar-refractivity contribution in [3.63, 3.8) is 0 Å². The normalized spacial score (nSPS) is 12.6. The van der Waals surface area contributed by atoms with Crippen LogP contribution in [0.3, 0.4) is 0 Å². The first kappa shape index (κ1) is 63.8. The molecular formula is C61H106O6. The highest BCUT2D eigenvalue weighted by molar-refractivity contribution is 5.71. The Balaban J connectivity index is 4.42. The summed E-state index contributed by atoms with van der Waals surface area (Å²) in [6.07, 6.45) is 70.3. The Morgan fingerprint density at radius 3 is 1.01 bits per heavy atom. The van der Waals surface area contributed by atoms with E-state index in [1.165, 1.54) is 128 Å². The summed E-state index contributed by atoms with van der Waals surface area (Å²) in [6, 6.07) is 0. The SMILES string of the molecule is CC/C=C\C/C=C\CCCCCCCCCC(=O)OCC(COC(=O)CCCCCCC/C=C\C=C/CCCCCCCCC)OC(=O)CCCCCCCCC/C=C\C/C=C\CCCCC. The monoisotopic (exact) mass is 935 g/mol. The fourth-order valence-electron chi connectivity index (χ4n) is 7.91. The Bertz CT molecular complexity index is 1260. The Hall–Kier alpha value is -3.15. The largest absolute Gasteiger partial charge is 0.462 e. The molecule has 0 aliphatic heterocycles. The maximum absolute atomic E-state index is 12.8. The average Bonchev–Trinajstić information content (AvgIpc) is 3.33. The standard InChI is InChI=1S/C61H106O6/c1-4-7-10-13-16-19-22-25-28-30-32-33-36-39-42-45-48-51-54-60(63)66-57-58(56-65-59(62)53-50-47-44-41-38-35-27-24-21-18-15-12-9-6-3)67-61(64)55-52-49-46-43-40-37-34-31-29-26-23-20-17-14-11-8-5-2/h9,12,17-18,20-21,26,28-30,32-33,58H,4-8,10-11,13-16,19,22-25,27,31,34-57H2,1-3H3/b12-9-,20-17-,21-18-,29-26-,30-28-,33-32-. The van der Waals surface area contributed by atoms with E-state index in [-0.39, 0.29) is 31.1 Å². The summed E-state index contributed by atoms with van der Waals surface area (Å²) in [4.78, 5) is 38.1. The molecule has 0 saturated heterocycles. The maximum Gasteiger partial charge on any atom is 0.306 e. The van der Waals surface area contributed by atoms with Gasteiger partial charge in [-0.2, -0.15) is 0 Å². The van der Waals surface area contributed by atoms with Gasteiger partial charge in [0.2, 0.25) is 0 Å². The number of ether oxygens (including phenoxy) is 3. The molecule has 0 fully saturated rings. The molecule has 0 radical (unpaired) electrons. The van der Waals surface area contributed by atoms with Gasteiger partial charge in [-0.3, -0.25) is 14.4 Å². The summed E-state index contributed by atoms with van der Waals surface area (Å²) in [5, 5.41) is 0. The predicted octanol–water partition coefficient (Wildman–Crippen LogP) is 19.0. The van der Waals surface area contributed by atoms with E-state index in [1.54, 1.807) is 0 Å². The molecule has 0 heterocycles. The molecule has 1 unspecified atom stereocenters. The van der Waals surface area contributed by atoms with Crippen LogP contribution in [0.25, 0.3) is 0 Å². The molecule has 0 aromatic heterocycles. The van der Waals surface area contributed by atoms with E-state index in [0.29, 0.717) is 19.3 Å². The molecule has 386 valence electrons. The lowest BCUT2D eigenvalue weighted by Gasteiger charge is -2.18. The van der Waals surface area contributed by atoms with Crippen LogP contribution in [0.15, 0.2) is 72.9 Å². The summed E-state index contributed by atoms with van der Waals surface area (Å²) in [6.45, 7) is 6.49. The van der Waals surface area contributed by atoms with Gasteiger partial charge < -0.3 is 14.2 Å². The molecule has 6 nitrogen and oxygen atoms in total. The summed E-state index contributed by atoms with van der Waals surface area (Å²) in [7, 11) is 0. The fraction of sp³-hybridized carbons (Fsp3) is 0.754. The number of hydrogen-bond donors (Lipinski definition) is 0. The van der Waals surface area contributed by atoms with Gasteiger partial charge in [-0.25, -0.2) is 0 Å². The van der Waals surface area contributed by atoms with Crippen LogP contribution in [0, 0.1) is 0 Å². The Morgan fingerprint density at radius 1 is 0.328 bits per heavy atom. The van der Waals surface area contributed by atoms with Gasteiger partial charge in [-0.15, -0.1) is 0 Å². The Morgan fingerprint density at radius 2 is 0.627 bits per heavy atom. The number of carbonyl (C=O) groups is 3. The van der Waals surface area contributed by atoms with Crippen LogP contribution >= 0.6 is 0 Å². The minimum absolute atomic E-state index is 0.0877. The third-order valence-corrected chi connectivity index (χ3v) is 12.2. The van der Waals surface area contributed by atoms with Crippen LogP contribution in [0.2, 0.25) is 0 Å². The number of allylic oxidation sites excluding steroid dienone is 12. The van der Waals surface area contributed by atoms with Gasteiger partial charge >= 0.3 is 17.9 Å². The van der Waals surface area contributed by atoms with Gasteiger partial charge in [-0.1, -0.05) is 229 Å². The number of unbranched alkanes of at least 4 members (excludes halogenated alkanes) is 29. The van der Waals surface area contributed by atoms with Gasteiger partial charge in [0.05, 0.1) is 0 Å². The highest BCUT2D eigenvalue weighted by atomic mass is 16.6. The average molecular weight is 936 g/mol.